The molecule has 1 atom stereocenters. The highest BCUT2D eigenvalue weighted by molar-refractivity contribution is 5.92. The molecule has 0 saturated heterocycles. The summed E-state index contributed by atoms with van der Waals surface area (Å²) >= 11 is 0. The lowest BCUT2D eigenvalue weighted by Crippen LogP contribution is -2.27. The Hall–Kier alpha value is -1.55. The maximum Gasteiger partial charge on any atom is 0.342 e. The fourth-order valence-electron chi connectivity index (χ4n) is 1.80. The van der Waals surface area contributed by atoms with Crippen LogP contribution in [0.2, 0.25) is 0 Å². The van der Waals surface area contributed by atoms with Gasteiger partial charge < -0.3 is 14.6 Å². The Morgan fingerprint density at radius 2 is 2.00 bits per heavy atom. The Morgan fingerprint density at radius 3 is 2.56 bits per heavy atom. The Balaban J connectivity index is 2.71. The molecule has 0 radical (unpaired) electrons. The molecule has 0 amide bonds. The number of aliphatic hydroxyl groups is 1. The SMILES string of the molecule is COc1ccccc1C(=O)OC(C)CC(C)(C)O. The first-order valence-corrected chi connectivity index (χ1v) is 5.90. The predicted octanol–water partition coefficient (Wildman–Crippen LogP) is 2.40. The summed E-state index contributed by atoms with van der Waals surface area (Å²) in [5.74, 6) is 0.0437. The number of carbonyl (C=O) groups is 1. The fraction of sp³-hybridized carbons (Fsp3) is 0.500. The van der Waals surface area contributed by atoms with E-state index >= 15 is 0 Å². The first-order chi connectivity index (χ1) is 8.33. The number of para-hydroxylation sites is 1. The van der Waals surface area contributed by atoms with E-state index in [2.05, 4.69) is 0 Å². The number of esters is 1. The molecule has 0 heterocycles. The van der Waals surface area contributed by atoms with Crippen molar-refractivity contribution in [1.29, 1.82) is 0 Å². The smallest absolute Gasteiger partial charge is 0.342 e. The van der Waals surface area contributed by atoms with Crippen molar-refractivity contribution in [3.63, 3.8) is 0 Å². The second-order valence-corrected chi connectivity index (χ2v) is 4.93. The summed E-state index contributed by atoms with van der Waals surface area (Å²) in [6.45, 7) is 5.12. The normalized spacial score (nSPS) is 12.9. The standard InChI is InChI=1S/C14H20O4/c1-10(9-14(2,3)16)18-13(15)11-7-5-6-8-12(11)17-4/h5-8,10,16H,9H2,1-4H3. The minimum Gasteiger partial charge on any atom is -0.496 e. The van der Waals surface area contributed by atoms with Gasteiger partial charge in [0, 0.05) is 6.42 Å². The largest absolute Gasteiger partial charge is 0.496 e. The first-order valence-electron chi connectivity index (χ1n) is 5.90. The molecule has 1 aromatic rings. The lowest BCUT2D eigenvalue weighted by atomic mass is 10.0. The van der Waals surface area contributed by atoms with E-state index in [1.807, 2.05) is 0 Å². The summed E-state index contributed by atoms with van der Waals surface area (Å²) in [5, 5.41) is 9.66. The zero-order chi connectivity index (χ0) is 13.8. The predicted molar refractivity (Wildman–Crippen MR) is 68.8 cm³/mol. The van der Waals surface area contributed by atoms with Crippen LogP contribution in [-0.4, -0.2) is 29.9 Å². The van der Waals surface area contributed by atoms with Crippen LogP contribution in [0.15, 0.2) is 24.3 Å². The second kappa shape index (κ2) is 5.87. The van der Waals surface area contributed by atoms with Gasteiger partial charge in [0.1, 0.15) is 17.4 Å². The highest BCUT2D eigenvalue weighted by Crippen LogP contribution is 2.20. The van der Waals surface area contributed by atoms with Gasteiger partial charge in [0.05, 0.1) is 12.7 Å². The zero-order valence-electron chi connectivity index (χ0n) is 11.3. The van der Waals surface area contributed by atoms with E-state index in [0.717, 1.165) is 0 Å². The summed E-state index contributed by atoms with van der Waals surface area (Å²) in [7, 11) is 1.51. The van der Waals surface area contributed by atoms with Crippen LogP contribution in [0.4, 0.5) is 0 Å². The third-order valence-electron chi connectivity index (χ3n) is 2.42. The number of ether oxygens (including phenoxy) is 2. The van der Waals surface area contributed by atoms with Crippen LogP contribution in [0.25, 0.3) is 0 Å². The number of hydrogen-bond acceptors (Lipinski definition) is 4. The number of benzene rings is 1. The van der Waals surface area contributed by atoms with Crippen molar-refractivity contribution in [2.45, 2.75) is 38.9 Å². The highest BCUT2D eigenvalue weighted by atomic mass is 16.5. The molecule has 0 saturated carbocycles. The summed E-state index contributed by atoms with van der Waals surface area (Å²) in [6, 6.07) is 6.89. The minimum absolute atomic E-state index is 0.359. The molecule has 1 unspecified atom stereocenters. The van der Waals surface area contributed by atoms with E-state index in [0.29, 0.717) is 17.7 Å². The van der Waals surface area contributed by atoms with Crippen molar-refractivity contribution in [3.05, 3.63) is 29.8 Å². The molecule has 0 aromatic heterocycles. The average Bonchev–Trinajstić information content (AvgIpc) is 2.26. The van der Waals surface area contributed by atoms with Crippen molar-refractivity contribution in [1.82, 2.24) is 0 Å². The van der Waals surface area contributed by atoms with Crippen LogP contribution in [0.5, 0.6) is 5.75 Å². The van der Waals surface area contributed by atoms with E-state index in [4.69, 9.17) is 9.47 Å². The topological polar surface area (TPSA) is 55.8 Å². The average molecular weight is 252 g/mol. The van der Waals surface area contributed by atoms with Crippen LogP contribution in [-0.2, 0) is 4.74 Å². The Kier molecular flexibility index (Phi) is 4.73. The zero-order valence-corrected chi connectivity index (χ0v) is 11.3. The van der Waals surface area contributed by atoms with Gasteiger partial charge in [-0.2, -0.15) is 0 Å². The van der Waals surface area contributed by atoms with Crippen LogP contribution < -0.4 is 4.74 Å². The van der Waals surface area contributed by atoms with E-state index in [-0.39, 0.29) is 6.10 Å². The maximum atomic E-state index is 11.9. The molecule has 1 N–H and O–H groups in total. The summed E-state index contributed by atoms with van der Waals surface area (Å²) in [5.41, 5.74) is -0.469. The van der Waals surface area contributed by atoms with Gasteiger partial charge in [0.25, 0.3) is 0 Å². The third-order valence-corrected chi connectivity index (χ3v) is 2.42. The molecule has 1 rings (SSSR count). The molecule has 0 aliphatic heterocycles. The maximum absolute atomic E-state index is 11.9. The van der Waals surface area contributed by atoms with E-state index in [1.165, 1.54) is 7.11 Å². The summed E-state index contributed by atoms with van der Waals surface area (Å²) in [6.07, 6.45) is 0.0239. The molecule has 0 spiro atoms. The Bertz CT molecular complexity index is 407. The van der Waals surface area contributed by atoms with E-state index in [9.17, 15) is 9.90 Å². The monoisotopic (exact) mass is 252 g/mol. The van der Waals surface area contributed by atoms with Gasteiger partial charge in [-0.15, -0.1) is 0 Å². The number of rotatable bonds is 5. The first kappa shape index (κ1) is 14.5. The quantitative estimate of drug-likeness (QED) is 0.818. The second-order valence-electron chi connectivity index (χ2n) is 4.93. The molecule has 4 heteroatoms. The van der Waals surface area contributed by atoms with Crippen molar-refractivity contribution < 1.29 is 19.4 Å². The van der Waals surface area contributed by atoms with Gasteiger partial charge in [0.2, 0.25) is 0 Å². The van der Waals surface area contributed by atoms with Crippen molar-refractivity contribution in [2.75, 3.05) is 7.11 Å². The molecule has 18 heavy (non-hydrogen) atoms. The van der Waals surface area contributed by atoms with Gasteiger partial charge in [-0.05, 0) is 32.9 Å². The Labute approximate surface area is 108 Å². The summed E-state index contributed by atoms with van der Waals surface area (Å²) in [4.78, 5) is 11.9. The van der Waals surface area contributed by atoms with Gasteiger partial charge in [-0.1, -0.05) is 12.1 Å². The van der Waals surface area contributed by atoms with Crippen LogP contribution in [0.1, 0.15) is 37.6 Å². The van der Waals surface area contributed by atoms with Gasteiger partial charge >= 0.3 is 5.97 Å². The molecular formula is C14H20O4. The third kappa shape index (κ3) is 4.37. The minimum atomic E-state index is -0.861. The Morgan fingerprint density at radius 1 is 1.39 bits per heavy atom. The van der Waals surface area contributed by atoms with Gasteiger partial charge in [0.15, 0.2) is 0 Å². The molecule has 4 nitrogen and oxygen atoms in total. The molecular weight excluding hydrogens is 232 g/mol. The molecule has 100 valence electrons. The van der Waals surface area contributed by atoms with Gasteiger partial charge in [-0.25, -0.2) is 4.79 Å². The van der Waals surface area contributed by atoms with Gasteiger partial charge in [-0.3, -0.25) is 0 Å². The van der Waals surface area contributed by atoms with Crippen molar-refractivity contribution >= 4 is 5.97 Å². The number of carbonyl (C=O) groups excluding carboxylic acids is 1. The highest BCUT2D eigenvalue weighted by Gasteiger charge is 2.21. The molecule has 0 fully saturated rings. The molecule has 0 aliphatic rings. The van der Waals surface area contributed by atoms with Crippen LogP contribution >= 0.6 is 0 Å². The fourth-order valence-corrected chi connectivity index (χ4v) is 1.80. The number of methoxy groups -OCH3 is 1. The lowest BCUT2D eigenvalue weighted by Gasteiger charge is -2.22. The van der Waals surface area contributed by atoms with Crippen LogP contribution in [0.3, 0.4) is 0 Å². The van der Waals surface area contributed by atoms with Crippen molar-refractivity contribution in [3.8, 4) is 5.75 Å². The van der Waals surface area contributed by atoms with Crippen molar-refractivity contribution in [2.24, 2.45) is 0 Å². The van der Waals surface area contributed by atoms with E-state index in [1.54, 1.807) is 45.0 Å². The molecule has 0 bridgehead atoms. The molecule has 0 aliphatic carbocycles. The lowest BCUT2D eigenvalue weighted by molar-refractivity contribution is -0.00265. The van der Waals surface area contributed by atoms with E-state index < -0.39 is 11.6 Å². The summed E-state index contributed by atoms with van der Waals surface area (Å²) < 4.78 is 10.4. The number of hydrogen-bond donors (Lipinski definition) is 1. The molecule has 1 aromatic carbocycles. The van der Waals surface area contributed by atoms with Crippen LogP contribution in [0, 0.1) is 0 Å².